The van der Waals surface area contributed by atoms with Crippen molar-refractivity contribution in [2.24, 2.45) is 0 Å². The number of hydrogen-bond donors (Lipinski definition) is 0. The molecular weight excluding hydrogens is 299 g/mol. The molecule has 0 aliphatic heterocycles. The summed E-state index contributed by atoms with van der Waals surface area (Å²) in [5.74, 6) is 0. The molecule has 0 aliphatic rings. The van der Waals surface area contributed by atoms with Crippen molar-refractivity contribution in [3.8, 4) is 11.3 Å². The smallest absolute Gasteiger partial charge is 0.117 e. The Bertz CT molecular complexity index is 503. The summed E-state index contributed by atoms with van der Waals surface area (Å²) < 4.78 is 0.712. The highest BCUT2D eigenvalue weighted by Gasteiger charge is 2.06. The summed E-state index contributed by atoms with van der Waals surface area (Å²) in [4.78, 5) is 8.07. The maximum absolute atomic E-state index is 6.05. The number of benzene rings is 1. The zero-order valence-electron chi connectivity index (χ0n) is 7.42. The predicted octanol–water partition coefficient (Wildman–Crippen LogP) is 4.21. The maximum atomic E-state index is 6.05. The zero-order chi connectivity index (χ0) is 10.8. The van der Waals surface area contributed by atoms with Gasteiger partial charge in [-0.1, -0.05) is 23.2 Å². The van der Waals surface area contributed by atoms with Crippen LogP contribution >= 0.6 is 39.1 Å². The highest BCUT2D eigenvalue weighted by Crippen LogP contribution is 2.29. The molecule has 0 saturated heterocycles. The average Bonchev–Trinajstić information content (AvgIpc) is 2.22. The monoisotopic (exact) mass is 302 g/mol. The van der Waals surface area contributed by atoms with Crippen LogP contribution in [-0.2, 0) is 0 Å². The molecule has 0 saturated carbocycles. The van der Waals surface area contributed by atoms with Gasteiger partial charge in [-0.25, -0.2) is 9.97 Å². The highest BCUT2D eigenvalue weighted by atomic mass is 79.9. The van der Waals surface area contributed by atoms with Gasteiger partial charge in [0.25, 0.3) is 0 Å². The van der Waals surface area contributed by atoms with E-state index in [0.29, 0.717) is 14.6 Å². The third kappa shape index (κ3) is 2.48. The predicted molar refractivity (Wildman–Crippen MR) is 65.2 cm³/mol. The topological polar surface area (TPSA) is 25.8 Å². The number of rotatable bonds is 1. The first-order chi connectivity index (χ1) is 7.16. The molecule has 0 bridgehead atoms. The zero-order valence-corrected chi connectivity index (χ0v) is 10.5. The highest BCUT2D eigenvalue weighted by molar-refractivity contribution is 9.10. The molecule has 0 radical (unpaired) electrons. The third-order valence-corrected chi connectivity index (χ3v) is 2.84. The fourth-order valence-electron chi connectivity index (χ4n) is 1.17. The number of halogens is 3. The SMILES string of the molecule is Clc1ccc(Cl)c(-c2cc(Br)ncn2)c1. The first kappa shape index (κ1) is 10.9. The Morgan fingerprint density at radius 3 is 2.60 bits per heavy atom. The molecule has 0 fully saturated rings. The Kier molecular flexibility index (Phi) is 3.24. The standard InChI is InChI=1S/C10H5BrCl2N2/c11-10-4-9(14-5-15-10)7-3-6(12)1-2-8(7)13/h1-5H. The van der Waals surface area contributed by atoms with Crippen LogP contribution in [-0.4, -0.2) is 9.97 Å². The van der Waals surface area contributed by atoms with Gasteiger partial charge in [-0.3, -0.25) is 0 Å². The van der Waals surface area contributed by atoms with Gasteiger partial charge in [-0.15, -0.1) is 0 Å². The van der Waals surface area contributed by atoms with E-state index >= 15 is 0 Å². The summed E-state index contributed by atoms with van der Waals surface area (Å²) >= 11 is 15.2. The van der Waals surface area contributed by atoms with E-state index in [4.69, 9.17) is 23.2 Å². The maximum Gasteiger partial charge on any atom is 0.117 e. The van der Waals surface area contributed by atoms with Gasteiger partial charge in [0.2, 0.25) is 0 Å². The largest absolute Gasteiger partial charge is 0.236 e. The van der Waals surface area contributed by atoms with Crippen LogP contribution in [0.4, 0.5) is 0 Å². The minimum Gasteiger partial charge on any atom is -0.236 e. The fourth-order valence-corrected chi connectivity index (χ4v) is 1.87. The summed E-state index contributed by atoms with van der Waals surface area (Å²) in [6, 6.07) is 7.05. The molecular formula is C10H5BrCl2N2. The van der Waals surface area contributed by atoms with Crippen molar-refractivity contribution in [1.29, 1.82) is 0 Å². The fraction of sp³-hybridized carbons (Fsp3) is 0. The van der Waals surface area contributed by atoms with E-state index in [9.17, 15) is 0 Å². The van der Waals surface area contributed by atoms with Crippen molar-refractivity contribution in [2.75, 3.05) is 0 Å². The van der Waals surface area contributed by atoms with Crippen molar-refractivity contribution >= 4 is 39.1 Å². The van der Waals surface area contributed by atoms with E-state index in [-0.39, 0.29) is 0 Å². The van der Waals surface area contributed by atoms with E-state index in [0.717, 1.165) is 11.3 Å². The van der Waals surface area contributed by atoms with Gasteiger partial charge in [0.05, 0.1) is 10.7 Å². The normalized spacial score (nSPS) is 10.3. The second kappa shape index (κ2) is 4.47. The van der Waals surface area contributed by atoms with Crippen molar-refractivity contribution in [2.45, 2.75) is 0 Å². The molecule has 0 aliphatic carbocycles. The molecule has 2 nitrogen and oxygen atoms in total. The van der Waals surface area contributed by atoms with E-state index in [1.54, 1.807) is 24.3 Å². The molecule has 76 valence electrons. The van der Waals surface area contributed by atoms with Gasteiger partial charge < -0.3 is 0 Å². The average molecular weight is 304 g/mol. The van der Waals surface area contributed by atoms with Crippen LogP contribution in [0, 0.1) is 0 Å². The third-order valence-electron chi connectivity index (χ3n) is 1.84. The molecule has 2 aromatic rings. The van der Waals surface area contributed by atoms with Gasteiger partial charge in [-0.2, -0.15) is 0 Å². The number of aromatic nitrogens is 2. The number of nitrogens with zero attached hydrogens (tertiary/aromatic N) is 2. The first-order valence-electron chi connectivity index (χ1n) is 4.10. The summed E-state index contributed by atoms with van der Waals surface area (Å²) in [6.45, 7) is 0. The summed E-state index contributed by atoms with van der Waals surface area (Å²) in [6.07, 6.45) is 1.47. The van der Waals surface area contributed by atoms with Gasteiger partial charge >= 0.3 is 0 Å². The Hall–Kier alpha value is -0.640. The second-order valence-corrected chi connectivity index (χ2v) is 4.51. The summed E-state index contributed by atoms with van der Waals surface area (Å²) in [5, 5.41) is 1.24. The number of hydrogen-bond acceptors (Lipinski definition) is 2. The molecule has 0 unspecified atom stereocenters. The minimum atomic E-state index is 0.616. The van der Waals surface area contributed by atoms with E-state index in [1.807, 2.05) is 0 Å². The lowest BCUT2D eigenvalue weighted by Crippen LogP contribution is -1.86. The van der Waals surface area contributed by atoms with Crippen molar-refractivity contribution < 1.29 is 0 Å². The van der Waals surface area contributed by atoms with Gasteiger partial charge in [-0.05, 0) is 40.2 Å². The summed E-state index contributed by atoms with van der Waals surface area (Å²) in [5.41, 5.74) is 1.54. The van der Waals surface area contributed by atoms with Crippen LogP contribution in [0.15, 0.2) is 35.2 Å². The van der Waals surface area contributed by atoms with Crippen LogP contribution in [0.5, 0.6) is 0 Å². The first-order valence-corrected chi connectivity index (χ1v) is 5.64. The molecule has 1 heterocycles. The molecule has 0 N–H and O–H groups in total. The van der Waals surface area contributed by atoms with Crippen LogP contribution in [0.2, 0.25) is 10.0 Å². The lowest BCUT2D eigenvalue weighted by Gasteiger charge is -2.03. The van der Waals surface area contributed by atoms with Gasteiger partial charge in [0.1, 0.15) is 10.9 Å². The van der Waals surface area contributed by atoms with E-state index in [1.165, 1.54) is 6.33 Å². The molecule has 2 rings (SSSR count). The van der Waals surface area contributed by atoms with Crippen LogP contribution in [0.3, 0.4) is 0 Å². The molecule has 1 aromatic heterocycles. The van der Waals surface area contributed by atoms with Gasteiger partial charge in [0, 0.05) is 10.6 Å². The quantitative estimate of drug-likeness (QED) is 0.737. The molecule has 0 spiro atoms. The molecule has 0 amide bonds. The van der Waals surface area contributed by atoms with Crippen LogP contribution in [0.1, 0.15) is 0 Å². The van der Waals surface area contributed by atoms with E-state index < -0.39 is 0 Å². The lowest BCUT2D eigenvalue weighted by atomic mass is 10.1. The molecule has 15 heavy (non-hydrogen) atoms. The van der Waals surface area contributed by atoms with Crippen LogP contribution < -0.4 is 0 Å². The van der Waals surface area contributed by atoms with Crippen molar-refractivity contribution in [3.05, 3.63) is 45.2 Å². The Balaban J connectivity index is 2.58. The van der Waals surface area contributed by atoms with Crippen molar-refractivity contribution in [1.82, 2.24) is 9.97 Å². The molecule has 0 atom stereocenters. The molecule has 1 aromatic carbocycles. The minimum absolute atomic E-state index is 0.616. The van der Waals surface area contributed by atoms with Crippen LogP contribution in [0.25, 0.3) is 11.3 Å². The van der Waals surface area contributed by atoms with Crippen molar-refractivity contribution in [3.63, 3.8) is 0 Å². The summed E-state index contributed by atoms with van der Waals surface area (Å²) in [7, 11) is 0. The van der Waals surface area contributed by atoms with Gasteiger partial charge in [0.15, 0.2) is 0 Å². The Morgan fingerprint density at radius 2 is 1.87 bits per heavy atom. The second-order valence-electron chi connectivity index (χ2n) is 2.85. The van der Waals surface area contributed by atoms with E-state index in [2.05, 4.69) is 25.9 Å². The Labute approximate surface area is 105 Å². The Morgan fingerprint density at radius 1 is 1.07 bits per heavy atom. The molecule has 5 heteroatoms. The lowest BCUT2D eigenvalue weighted by molar-refractivity contribution is 1.14.